The maximum Gasteiger partial charge on any atom is 0.417 e. The van der Waals surface area contributed by atoms with Crippen LogP contribution in [0.3, 0.4) is 0 Å². The van der Waals surface area contributed by atoms with E-state index in [4.69, 9.17) is 23.2 Å². The minimum absolute atomic E-state index is 0.00245. The molecule has 5 aliphatic rings. The van der Waals surface area contributed by atoms with Crippen LogP contribution in [0.1, 0.15) is 173 Å². The Morgan fingerprint density at radius 1 is 0.657 bits per heavy atom. The predicted octanol–water partition coefficient (Wildman–Crippen LogP) is 7.37. The van der Waals surface area contributed by atoms with Crippen molar-refractivity contribution in [1.82, 2.24) is 60.0 Å². The monoisotopic (exact) mass is 1510 g/mol. The first-order valence-electron chi connectivity index (χ1n) is 37.2. The van der Waals surface area contributed by atoms with Gasteiger partial charge < -0.3 is 60.0 Å². The molecule has 0 radical (unpaired) electrons. The third kappa shape index (κ3) is 20.6. The number of alkyl halides is 3. The van der Waals surface area contributed by atoms with Crippen LogP contribution >= 0.6 is 23.2 Å². The van der Waals surface area contributed by atoms with Crippen LogP contribution in [0.5, 0.6) is 0 Å². The van der Waals surface area contributed by atoms with Crippen molar-refractivity contribution in [1.29, 1.82) is 0 Å². The van der Waals surface area contributed by atoms with E-state index in [-0.39, 0.29) is 75.3 Å². The standard InChI is InChI=1S/C76H111Cl2F3N12O12/c1-15-46(4)63-72(103)87(9)47(5)67(98)93-37-34-56(93)71(102)90(12)59(41-48-24-17-16-18-25-48)70(101)86(8)44-61(94)82-55(33-31-49-30-32-53(54(78)40-49)76(79,80)81)68(99)89(11)58(42-50-26-23-29-52(77)39-50)66(97)84-75(35-21-22-36-75)74(105)92(14)64(51-27-19-20-28-51)73(104)91(13)60(69(100)85(6)7)43-62(95)88(10)57(38-45(2)3)65(96)83-63/h23,26,29-30,32,39-40,45-48,51,55-60,63-64H,15-22,24-25,27-28,31,33-38,41-44H2,1-14H3,(H,82,94)(H,83,96)(H,84,97)/t46-,47-,55-,56?,57-,58-,59-,60-,63-,64-/m0/s1. The topological polar surface area (TPSA) is 270 Å². The maximum absolute atomic E-state index is 15.8. The Labute approximate surface area is 626 Å². The van der Waals surface area contributed by atoms with Gasteiger partial charge in [0.2, 0.25) is 70.9 Å². The fourth-order valence-electron chi connectivity index (χ4n) is 15.7. The molecule has 0 bridgehead atoms. The van der Waals surface area contributed by atoms with E-state index in [1.54, 1.807) is 31.2 Å². The number of carbonyl (C=O) groups is 12. The lowest BCUT2D eigenvalue weighted by Gasteiger charge is -2.45. The summed E-state index contributed by atoms with van der Waals surface area (Å²) in [7, 11) is 12.8. The second-order valence-electron chi connectivity index (χ2n) is 30.7. The van der Waals surface area contributed by atoms with E-state index in [9.17, 15) is 46.7 Å². The molecule has 2 heterocycles. The Balaban J connectivity index is 1.34. The minimum Gasteiger partial charge on any atom is -0.347 e. The number of benzene rings is 2. The van der Waals surface area contributed by atoms with Gasteiger partial charge in [-0.05, 0) is 124 Å². The van der Waals surface area contributed by atoms with Crippen LogP contribution in [-0.2, 0) is 76.6 Å². The zero-order valence-corrected chi connectivity index (χ0v) is 65.1. The zero-order chi connectivity index (χ0) is 77.9. The van der Waals surface area contributed by atoms with Crippen LogP contribution in [0.4, 0.5) is 13.2 Å². The molecule has 3 aliphatic carbocycles. The minimum atomic E-state index is -4.79. The second-order valence-corrected chi connectivity index (χ2v) is 31.6. The average Bonchev–Trinajstić information content (AvgIpc) is 1.77. The average molecular weight is 1510 g/mol. The molecule has 3 saturated carbocycles. The molecule has 2 aliphatic heterocycles. The van der Waals surface area contributed by atoms with Gasteiger partial charge in [0.25, 0.3) is 0 Å². The number of rotatable bonds is 13. The van der Waals surface area contributed by atoms with Crippen LogP contribution in [-0.4, -0.2) is 251 Å². The van der Waals surface area contributed by atoms with Gasteiger partial charge >= 0.3 is 6.18 Å². The number of nitrogens with zero attached hydrogens (tertiary/aromatic N) is 9. The molecule has 0 aromatic heterocycles. The van der Waals surface area contributed by atoms with Gasteiger partial charge in [0.05, 0.1) is 23.6 Å². The third-order valence-corrected chi connectivity index (χ3v) is 23.3. The SMILES string of the molecule is CC[C@H](C)[C@@H]1NC(=O)[C@H](CC(C)C)N(C)C(=O)C[C@@H](C(=O)N(C)C)N(C)C(=O)[C@H](C2CCCC2)N(C)C(=O)C2(CCCC2)NC(=O)[C@H](Cc2cccc(Cl)c2)N(C)C(=O)[C@H](CCc2ccc(C(F)(F)F)c(Cl)c2)NC(=O)CN(C)C(=O)[C@H](CC2CCCCC2)N(C)C(=O)C2CCN2C(=O)[C@H](C)N(C)C1=O. The van der Waals surface area contributed by atoms with Crippen molar-refractivity contribution in [2.45, 2.75) is 236 Å². The van der Waals surface area contributed by atoms with Gasteiger partial charge in [-0.1, -0.05) is 133 Å². The van der Waals surface area contributed by atoms with E-state index in [2.05, 4.69) is 16.0 Å². The number of hydrogen-bond donors (Lipinski definition) is 3. The largest absolute Gasteiger partial charge is 0.417 e. The molecule has 1 unspecified atom stereocenters. The highest BCUT2D eigenvalue weighted by Gasteiger charge is 2.52. The van der Waals surface area contributed by atoms with E-state index in [0.717, 1.165) is 54.0 Å². The van der Waals surface area contributed by atoms with Crippen molar-refractivity contribution < 1.29 is 70.7 Å². The lowest BCUT2D eigenvalue weighted by molar-refractivity contribution is -0.160. The molecule has 2 saturated heterocycles. The number of nitrogens with one attached hydrogen (secondary N) is 3. The van der Waals surface area contributed by atoms with Gasteiger partial charge in [0.15, 0.2) is 0 Å². The molecule has 29 heteroatoms. The van der Waals surface area contributed by atoms with Crippen LogP contribution in [0.25, 0.3) is 0 Å². The smallest absolute Gasteiger partial charge is 0.347 e. The number of hydrogen-bond acceptors (Lipinski definition) is 12. The third-order valence-electron chi connectivity index (χ3n) is 22.8. The quantitative estimate of drug-likeness (QED) is 0.177. The van der Waals surface area contributed by atoms with Crippen molar-refractivity contribution >= 4 is 94.1 Å². The molecule has 12 amide bonds. The highest BCUT2D eigenvalue weighted by molar-refractivity contribution is 6.31. The molecule has 2 aromatic rings. The summed E-state index contributed by atoms with van der Waals surface area (Å²) in [6.07, 6.45) is 2.73. The zero-order valence-electron chi connectivity index (χ0n) is 63.6. The summed E-state index contributed by atoms with van der Waals surface area (Å²) in [5.41, 5.74) is -2.03. The normalized spacial score (nSPS) is 26.5. The van der Waals surface area contributed by atoms with E-state index in [1.807, 2.05) is 20.8 Å². The van der Waals surface area contributed by atoms with Crippen LogP contribution in [0.2, 0.25) is 10.0 Å². The van der Waals surface area contributed by atoms with Crippen molar-refractivity contribution in [2.24, 2.45) is 23.7 Å². The number of halogens is 5. The number of aryl methyl sites for hydroxylation is 1. The molecule has 1 spiro atoms. The second kappa shape index (κ2) is 36.8. The summed E-state index contributed by atoms with van der Waals surface area (Å²) < 4.78 is 42.0. The highest BCUT2D eigenvalue weighted by Crippen LogP contribution is 2.39. The molecule has 105 heavy (non-hydrogen) atoms. The molecule has 3 N–H and O–H groups in total. The van der Waals surface area contributed by atoms with Crippen molar-refractivity contribution in [2.75, 3.05) is 76.5 Å². The summed E-state index contributed by atoms with van der Waals surface area (Å²) in [4.78, 5) is 193. The molecule has 7 rings (SSSR count). The first-order valence-corrected chi connectivity index (χ1v) is 38.0. The lowest BCUT2D eigenvalue weighted by atomic mass is 9.84. The summed E-state index contributed by atoms with van der Waals surface area (Å²) in [5, 5.41) is 8.44. The highest BCUT2D eigenvalue weighted by atomic mass is 35.5. The van der Waals surface area contributed by atoms with E-state index in [0.29, 0.717) is 55.5 Å². The molecular weight excluding hydrogens is 1400 g/mol. The van der Waals surface area contributed by atoms with Crippen molar-refractivity contribution in [3.63, 3.8) is 0 Å². The molecular formula is C76H111Cl2F3N12O12. The van der Waals surface area contributed by atoms with Gasteiger partial charge in [-0.3, -0.25) is 57.5 Å². The van der Waals surface area contributed by atoms with Crippen molar-refractivity contribution in [3.8, 4) is 0 Å². The van der Waals surface area contributed by atoms with E-state index >= 15 is 24.0 Å². The van der Waals surface area contributed by atoms with E-state index in [1.165, 1.54) is 111 Å². The number of carbonyl (C=O) groups excluding carboxylic acids is 12. The fraction of sp³-hybridized carbons (Fsp3) is 0.684. The molecule has 24 nitrogen and oxygen atoms in total. The molecule has 582 valence electrons. The summed E-state index contributed by atoms with van der Waals surface area (Å²) >= 11 is 12.8. The number of likely N-dealkylation sites (N-methyl/N-ethyl adjacent to an activating group) is 8. The Kier molecular flexibility index (Phi) is 29.7. The van der Waals surface area contributed by atoms with Crippen LogP contribution < -0.4 is 16.0 Å². The number of fused-ring (bicyclic) bond motifs is 1. The fourth-order valence-corrected chi connectivity index (χ4v) is 16.3. The lowest BCUT2D eigenvalue weighted by Crippen LogP contribution is -2.65. The predicted molar refractivity (Wildman–Crippen MR) is 391 cm³/mol. The van der Waals surface area contributed by atoms with Crippen LogP contribution in [0.15, 0.2) is 42.5 Å². The Bertz CT molecular complexity index is 3490. The molecule has 5 fully saturated rings. The Morgan fingerprint density at radius 3 is 1.86 bits per heavy atom. The summed E-state index contributed by atoms with van der Waals surface area (Å²) in [6.45, 7) is 8.29. The Morgan fingerprint density at radius 2 is 1.29 bits per heavy atom. The van der Waals surface area contributed by atoms with Crippen LogP contribution in [0, 0.1) is 23.7 Å². The van der Waals surface area contributed by atoms with Gasteiger partial charge in [0, 0.05) is 81.4 Å². The summed E-state index contributed by atoms with van der Waals surface area (Å²) in [6, 6.07) is -1.90. The van der Waals surface area contributed by atoms with E-state index < -0.39 is 172 Å². The van der Waals surface area contributed by atoms with Gasteiger partial charge in [0.1, 0.15) is 59.9 Å². The van der Waals surface area contributed by atoms with Crippen molar-refractivity contribution in [3.05, 3.63) is 69.2 Å². The van der Waals surface area contributed by atoms with Gasteiger partial charge in [-0.2, -0.15) is 13.2 Å². The first-order chi connectivity index (χ1) is 49.3. The Hall–Kier alpha value is -7.55. The van der Waals surface area contributed by atoms with Gasteiger partial charge in [-0.15, -0.1) is 0 Å². The number of amides is 12. The first kappa shape index (κ1) is 84.7. The molecule has 10 atom stereocenters. The molecule has 2 aromatic carbocycles. The maximum atomic E-state index is 15.8. The van der Waals surface area contributed by atoms with Gasteiger partial charge in [-0.25, -0.2) is 0 Å². The summed E-state index contributed by atoms with van der Waals surface area (Å²) in [5.74, 6) is -9.37.